The highest BCUT2D eigenvalue weighted by Crippen LogP contribution is 2.38. The Morgan fingerprint density at radius 2 is 1.59 bits per heavy atom. The summed E-state index contributed by atoms with van der Waals surface area (Å²) in [6.07, 6.45) is 0. The van der Waals surface area contributed by atoms with Crippen molar-refractivity contribution in [1.82, 2.24) is 0 Å². The maximum atomic E-state index is 12.8. The van der Waals surface area contributed by atoms with Gasteiger partial charge in [-0.15, -0.1) is 0 Å². The van der Waals surface area contributed by atoms with Gasteiger partial charge in [0.2, 0.25) is 11.6 Å². The van der Waals surface area contributed by atoms with Crippen LogP contribution in [0.4, 0.5) is 0 Å². The van der Waals surface area contributed by atoms with Crippen LogP contribution in [0.3, 0.4) is 0 Å². The van der Waals surface area contributed by atoms with Gasteiger partial charge in [0.05, 0.1) is 21.3 Å². The summed E-state index contributed by atoms with van der Waals surface area (Å²) >= 11 is 0. The average Bonchev–Trinajstić information content (AvgIpc) is 3.24. The van der Waals surface area contributed by atoms with Gasteiger partial charge in [-0.1, -0.05) is 32.0 Å². The van der Waals surface area contributed by atoms with Crippen molar-refractivity contribution in [2.75, 3.05) is 27.9 Å². The van der Waals surface area contributed by atoms with Crippen LogP contribution < -0.4 is 14.2 Å². The summed E-state index contributed by atoms with van der Waals surface area (Å²) in [6, 6.07) is 12.1. The number of Topliss-reactive ketones (excluding diaryl/α,β-unsaturated/α-hetero) is 1. The largest absolute Gasteiger partial charge is 0.493 e. The van der Waals surface area contributed by atoms with E-state index >= 15 is 0 Å². The van der Waals surface area contributed by atoms with Crippen LogP contribution in [-0.2, 0) is 4.74 Å². The molecule has 2 aromatic rings. The van der Waals surface area contributed by atoms with Gasteiger partial charge in [-0.05, 0) is 24.3 Å². The second-order valence-electron chi connectivity index (χ2n) is 5.41. The van der Waals surface area contributed by atoms with E-state index in [9.17, 15) is 4.79 Å². The van der Waals surface area contributed by atoms with E-state index in [0.717, 1.165) is 5.56 Å². The van der Waals surface area contributed by atoms with E-state index in [2.05, 4.69) is 4.99 Å². The first kappa shape index (κ1) is 20.3. The maximum absolute atomic E-state index is 12.8. The Hall–Kier alpha value is -3.02. The third-order valence-corrected chi connectivity index (χ3v) is 3.92. The lowest BCUT2D eigenvalue weighted by Gasteiger charge is -2.14. The summed E-state index contributed by atoms with van der Waals surface area (Å²) in [6.45, 7) is 4.21. The molecule has 0 amide bonds. The van der Waals surface area contributed by atoms with E-state index < -0.39 is 6.04 Å². The fourth-order valence-corrected chi connectivity index (χ4v) is 2.66. The minimum absolute atomic E-state index is 0.162. The number of nitrogens with zero attached hydrogens (tertiary/aromatic N) is 1. The molecule has 2 aromatic carbocycles. The Morgan fingerprint density at radius 1 is 1.00 bits per heavy atom. The number of hydrogen-bond acceptors (Lipinski definition) is 6. The molecule has 27 heavy (non-hydrogen) atoms. The number of carbonyl (C=O) groups excluding carboxylic acids is 1. The summed E-state index contributed by atoms with van der Waals surface area (Å²) in [4.78, 5) is 17.2. The van der Waals surface area contributed by atoms with E-state index in [1.165, 1.54) is 21.3 Å². The third-order valence-electron chi connectivity index (χ3n) is 3.92. The predicted octanol–water partition coefficient (Wildman–Crippen LogP) is 3.77. The highest BCUT2D eigenvalue weighted by atomic mass is 16.5. The van der Waals surface area contributed by atoms with E-state index in [1.54, 1.807) is 12.1 Å². The van der Waals surface area contributed by atoms with Gasteiger partial charge in [0.1, 0.15) is 6.61 Å². The first-order chi connectivity index (χ1) is 13.2. The van der Waals surface area contributed by atoms with Crippen LogP contribution in [0.15, 0.2) is 47.5 Å². The fraction of sp³-hybridized carbons (Fsp3) is 0.333. The lowest BCUT2D eigenvalue weighted by molar-refractivity contribution is 0.0947. The van der Waals surface area contributed by atoms with Gasteiger partial charge < -0.3 is 18.9 Å². The normalized spacial score (nSPS) is 15.0. The molecular formula is C21H25NO5. The minimum atomic E-state index is -0.599. The monoisotopic (exact) mass is 371 g/mol. The highest BCUT2D eigenvalue weighted by molar-refractivity contribution is 6.05. The van der Waals surface area contributed by atoms with Crippen molar-refractivity contribution >= 4 is 11.7 Å². The molecule has 0 N–H and O–H groups in total. The van der Waals surface area contributed by atoms with E-state index in [1.807, 2.05) is 44.2 Å². The van der Waals surface area contributed by atoms with E-state index in [4.69, 9.17) is 18.9 Å². The van der Waals surface area contributed by atoms with Crippen molar-refractivity contribution in [1.29, 1.82) is 0 Å². The third kappa shape index (κ3) is 4.39. The molecule has 0 aromatic heterocycles. The molecule has 6 heteroatoms. The molecule has 0 spiro atoms. The average molecular weight is 371 g/mol. The number of benzene rings is 2. The molecule has 0 fully saturated rings. The number of hydrogen-bond donors (Lipinski definition) is 0. The van der Waals surface area contributed by atoms with Gasteiger partial charge in [-0.25, -0.2) is 4.99 Å². The zero-order valence-corrected chi connectivity index (χ0v) is 16.3. The van der Waals surface area contributed by atoms with Crippen LogP contribution in [0.5, 0.6) is 17.2 Å². The molecule has 3 rings (SSSR count). The van der Waals surface area contributed by atoms with E-state index in [-0.39, 0.29) is 12.4 Å². The van der Waals surface area contributed by atoms with Crippen LogP contribution in [0.25, 0.3) is 0 Å². The molecular weight excluding hydrogens is 346 g/mol. The zero-order valence-electron chi connectivity index (χ0n) is 16.3. The van der Waals surface area contributed by atoms with Gasteiger partial charge >= 0.3 is 0 Å². The van der Waals surface area contributed by atoms with Crippen molar-refractivity contribution < 1.29 is 23.7 Å². The second kappa shape index (κ2) is 9.62. The molecule has 1 aliphatic heterocycles. The van der Waals surface area contributed by atoms with Gasteiger partial charge in [0.15, 0.2) is 23.3 Å². The van der Waals surface area contributed by atoms with Crippen molar-refractivity contribution in [3.05, 3.63) is 53.6 Å². The first-order valence-corrected chi connectivity index (χ1v) is 8.78. The highest BCUT2D eigenvalue weighted by Gasteiger charge is 2.29. The molecule has 1 heterocycles. The smallest absolute Gasteiger partial charge is 0.217 e. The number of ether oxygens (including phenoxy) is 4. The van der Waals surface area contributed by atoms with Gasteiger partial charge in [0.25, 0.3) is 0 Å². The molecule has 6 nitrogen and oxygen atoms in total. The topological polar surface area (TPSA) is 66.4 Å². The molecule has 1 aliphatic rings. The van der Waals surface area contributed by atoms with Gasteiger partial charge in [-0.3, -0.25) is 4.79 Å². The summed E-state index contributed by atoms with van der Waals surface area (Å²) in [7, 11) is 4.54. The van der Waals surface area contributed by atoms with Crippen LogP contribution in [0.2, 0.25) is 0 Å². The fourth-order valence-electron chi connectivity index (χ4n) is 2.66. The Morgan fingerprint density at radius 3 is 2.11 bits per heavy atom. The van der Waals surface area contributed by atoms with E-state index in [0.29, 0.717) is 28.7 Å². The Kier molecular flexibility index (Phi) is 7.23. The second-order valence-corrected chi connectivity index (χ2v) is 5.41. The molecule has 1 unspecified atom stereocenters. The molecule has 0 aliphatic carbocycles. The molecule has 0 saturated heterocycles. The number of ketones is 1. The summed E-state index contributed by atoms with van der Waals surface area (Å²) in [5.41, 5.74) is 1.28. The molecule has 0 saturated carbocycles. The first-order valence-electron chi connectivity index (χ1n) is 8.78. The molecule has 144 valence electrons. The predicted molar refractivity (Wildman–Crippen MR) is 104 cm³/mol. The Bertz CT molecular complexity index is 776. The van der Waals surface area contributed by atoms with Crippen LogP contribution in [0, 0.1) is 0 Å². The van der Waals surface area contributed by atoms with Gasteiger partial charge in [-0.2, -0.15) is 0 Å². The number of methoxy groups -OCH3 is 3. The summed E-state index contributed by atoms with van der Waals surface area (Å²) < 4.78 is 21.5. The number of aliphatic imine (C=N–C) groups is 1. The minimum Gasteiger partial charge on any atom is -0.493 e. The van der Waals surface area contributed by atoms with Crippen molar-refractivity contribution in [3.8, 4) is 17.2 Å². The molecule has 0 bridgehead atoms. The number of carbonyl (C=O) groups is 1. The number of rotatable bonds is 6. The van der Waals surface area contributed by atoms with Crippen LogP contribution >= 0.6 is 0 Å². The lowest BCUT2D eigenvalue weighted by atomic mass is 10.0. The van der Waals surface area contributed by atoms with Crippen LogP contribution in [-0.4, -0.2) is 45.7 Å². The lowest BCUT2D eigenvalue weighted by Crippen LogP contribution is -2.20. The standard InChI is InChI=1S/C19H19NO5.C2H6/c1-22-15-9-13(10-16(23-2)18(15)24-3)17(21)14-11-25-19(20-14)12-7-5-4-6-8-12;1-2/h4-10,14H,11H2,1-3H3;1-2H3. The van der Waals surface area contributed by atoms with Crippen molar-refractivity contribution in [3.63, 3.8) is 0 Å². The Labute approximate surface area is 159 Å². The Balaban J connectivity index is 0.00000126. The maximum Gasteiger partial charge on any atom is 0.217 e. The van der Waals surface area contributed by atoms with Crippen molar-refractivity contribution in [2.24, 2.45) is 4.99 Å². The van der Waals surface area contributed by atoms with Crippen LogP contribution in [0.1, 0.15) is 29.8 Å². The molecule has 1 atom stereocenters. The summed E-state index contributed by atoms with van der Waals surface area (Å²) in [5.74, 6) is 1.61. The molecule has 0 radical (unpaired) electrons. The van der Waals surface area contributed by atoms with Crippen molar-refractivity contribution in [2.45, 2.75) is 19.9 Å². The summed E-state index contributed by atoms with van der Waals surface area (Å²) in [5, 5.41) is 0. The quantitative estimate of drug-likeness (QED) is 0.723. The zero-order chi connectivity index (χ0) is 19.8. The van der Waals surface area contributed by atoms with Gasteiger partial charge in [0, 0.05) is 11.1 Å². The SMILES string of the molecule is CC.COc1cc(C(=O)C2COC(c3ccccc3)=N2)cc(OC)c1OC.